The van der Waals surface area contributed by atoms with Crippen molar-refractivity contribution in [2.75, 3.05) is 7.05 Å². The van der Waals surface area contributed by atoms with Gasteiger partial charge in [0.1, 0.15) is 6.61 Å². The number of nitrogens with one attached hydrogen (secondary N) is 1. The van der Waals surface area contributed by atoms with E-state index < -0.39 is 0 Å². The van der Waals surface area contributed by atoms with Gasteiger partial charge in [-0.15, -0.1) is 0 Å². The molecule has 0 saturated heterocycles. The summed E-state index contributed by atoms with van der Waals surface area (Å²) in [5.41, 5.74) is 1.70. The van der Waals surface area contributed by atoms with Crippen LogP contribution in [0.15, 0.2) is 24.3 Å². The summed E-state index contributed by atoms with van der Waals surface area (Å²) in [6, 6.07) is 7.43. The Morgan fingerprint density at radius 3 is 2.29 bits per heavy atom. The number of esters is 1. The molecule has 1 aromatic rings. The van der Waals surface area contributed by atoms with Crippen LogP contribution in [0.1, 0.15) is 36.7 Å². The highest BCUT2D eigenvalue weighted by molar-refractivity contribution is 5.93. The van der Waals surface area contributed by atoms with Crippen molar-refractivity contribution in [1.29, 1.82) is 0 Å². The van der Waals surface area contributed by atoms with E-state index in [1.54, 1.807) is 13.1 Å². The van der Waals surface area contributed by atoms with Gasteiger partial charge in [0.25, 0.3) is 0 Å². The lowest BCUT2D eigenvalue weighted by Crippen LogP contribution is -2.11. The number of fused-ring (bicyclic) bond motifs is 1. The monoisotopic (exact) mass is 237 g/mol. The highest BCUT2D eigenvalue weighted by Gasteiger charge is 2.18. The van der Waals surface area contributed by atoms with Crippen molar-refractivity contribution in [2.24, 2.45) is 0 Å². The van der Waals surface area contributed by atoms with Gasteiger partial charge in [-0.2, -0.15) is 0 Å². The number of amides is 1. The second kappa shape index (κ2) is 8.33. The summed E-state index contributed by atoms with van der Waals surface area (Å²) in [7, 11) is 1.60. The van der Waals surface area contributed by atoms with E-state index in [-0.39, 0.29) is 11.9 Å². The molecule has 0 unspecified atom stereocenters. The van der Waals surface area contributed by atoms with E-state index in [1.807, 2.05) is 32.0 Å². The molecule has 0 spiro atoms. The SMILES string of the molecule is CC.CNC(C)=O.O=C1OCc2ccccc21. The number of carbonyl (C=O) groups excluding carboxylic acids is 2. The normalized spacial score (nSPS) is 10.9. The maximum atomic E-state index is 10.8. The Bertz CT molecular complexity index is 375. The van der Waals surface area contributed by atoms with Gasteiger partial charge in [-0.05, 0) is 6.07 Å². The number of carbonyl (C=O) groups is 2. The molecule has 1 aliphatic heterocycles. The molecule has 0 fully saturated rings. The van der Waals surface area contributed by atoms with Crippen LogP contribution in [0.3, 0.4) is 0 Å². The Hall–Kier alpha value is -1.84. The highest BCUT2D eigenvalue weighted by Crippen LogP contribution is 2.17. The first-order valence-corrected chi connectivity index (χ1v) is 5.58. The van der Waals surface area contributed by atoms with Gasteiger partial charge < -0.3 is 10.1 Å². The number of hydrogen-bond acceptors (Lipinski definition) is 3. The van der Waals surface area contributed by atoms with Crippen LogP contribution in [0.5, 0.6) is 0 Å². The fourth-order valence-electron chi connectivity index (χ4n) is 1.07. The molecule has 94 valence electrons. The molecule has 0 aromatic heterocycles. The molecule has 0 aliphatic carbocycles. The van der Waals surface area contributed by atoms with Crippen molar-refractivity contribution in [2.45, 2.75) is 27.4 Å². The third-order valence-corrected chi connectivity index (χ3v) is 1.95. The van der Waals surface area contributed by atoms with Crippen LogP contribution in [-0.4, -0.2) is 18.9 Å². The van der Waals surface area contributed by atoms with E-state index in [4.69, 9.17) is 4.74 Å². The Morgan fingerprint density at radius 2 is 1.82 bits per heavy atom. The predicted molar refractivity (Wildman–Crippen MR) is 66.7 cm³/mol. The summed E-state index contributed by atoms with van der Waals surface area (Å²) >= 11 is 0. The first-order valence-electron chi connectivity index (χ1n) is 5.58. The summed E-state index contributed by atoms with van der Waals surface area (Å²) in [5.74, 6) is -0.194. The molecule has 4 heteroatoms. The van der Waals surface area contributed by atoms with E-state index >= 15 is 0 Å². The van der Waals surface area contributed by atoms with Crippen molar-refractivity contribution in [3.05, 3.63) is 35.4 Å². The van der Waals surface area contributed by atoms with Gasteiger partial charge in [-0.25, -0.2) is 4.79 Å². The molecule has 17 heavy (non-hydrogen) atoms. The summed E-state index contributed by atoms with van der Waals surface area (Å²) in [6.45, 7) is 5.91. The molecule has 1 N–H and O–H groups in total. The quantitative estimate of drug-likeness (QED) is 0.703. The molecule has 1 aromatic carbocycles. The molecule has 0 saturated carbocycles. The third kappa shape index (κ3) is 5.15. The smallest absolute Gasteiger partial charge is 0.338 e. The number of ether oxygens (including phenoxy) is 1. The topological polar surface area (TPSA) is 55.4 Å². The summed E-state index contributed by atoms with van der Waals surface area (Å²) in [6.07, 6.45) is 0. The van der Waals surface area contributed by atoms with Crippen LogP contribution >= 0.6 is 0 Å². The predicted octanol–water partition coefficient (Wildman–Crippen LogP) is 2.14. The zero-order valence-electron chi connectivity index (χ0n) is 10.7. The van der Waals surface area contributed by atoms with Crippen LogP contribution < -0.4 is 5.32 Å². The number of rotatable bonds is 0. The van der Waals surface area contributed by atoms with Gasteiger partial charge in [0.2, 0.25) is 5.91 Å². The van der Waals surface area contributed by atoms with Gasteiger partial charge in [-0.3, -0.25) is 4.79 Å². The van der Waals surface area contributed by atoms with E-state index in [0.29, 0.717) is 12.2 Å². The molecule has 1 heterocycles. The van der Waals surface area contributed by atoms with E-state index in [2.05, 4.69) is 5.32 Å². The third-order valence-electron chi connectivity index (χ3n) is 1.95. The summed E-state index contributed by atoms with van der Waals surface area (Å²) < 4.78 is 4.78. The molecule has 1 aliphatic rings. The molecule has 0 radical (unpaired) electrons. The molecular weight excluding hydrogens is 218 g/mol. The number of benzene rings is 1. The van der Waals surface area contributed by atoms with Crippen molar-refractivity contribution in [3.63, 3.8) is 0 Å². The molecular formula is C13H19NO3. The van der Waals surface area contributed by atoms with E-state index in [9.17, 15) is 9.59 Å². The van der Waals surface area contributed by atoms with Crippen molar-refractivity contribution in [1.82, 2.24) is 5.32 Å². The molecule has 1 amide bonds. The van der Waals surface area contributed by atoms with Gasteiger partial charge in [0, 0.05) is 19.5 Å². The van der Waals surface area contributed by atoms with Crippen LogP contribution in [0.2, 0.25) is 0 Å². The standard InChI is InChI=1S/C8H6O2.C3H7NO.C2H6/c9-8-7-4-2-1-3-6(7)5-10-8;1-3(5)4-2;1-2/h1-4H,5H2;1-2H3,(H,4,5);1-2H3. The fraction of sp³-hybridized carbons (Fsp3) is 0.385. The summed E-state index contributed by atoms with van der Waals surface area (Å²) in [4.78, 5) is 20.5. The van der Waals surface area contributed by atoms with Crippen LogP contribution in [0.25, 0.3) is 0 Å². The van der Waals surface area contributed by atoms with Crippen LogP contribution in [0.4, 0.5) is 0 Å². The van der Waals surface area contributed by atoms with E-state index in [0.717, 1.165) is 5.56 Å². The zero-order valence-corrected chi connectivity index (χ0v) is 10.7. The first kappa shape index (κ1) is 15.2. The first-order chi connectivity index (χ1) is 8.15. The molecule has 2 rings (SSSR count). The zero-order chi connectivity index (χ0) is 13.3. The second-order valence-electron chi connectivity index (χ2n) is 3.04. The molecule has 0 atom stereocenters. The van der Waals surface area contributed by atoms with Crippen molar-refractivity contribution < 1.29 is 14.3 Å². The Kier molecular flexibility index (Phi) is 7.43. The van der Waals surface area contributed by atoms with Gasteiger partial charge >= 0.3 is 5.97 Å². The Labute approximate surface area is 102 Å². The average Bonchev–Trinajstić information content (AvgIpc) is 2.75. The minimum Gasteiger partial charge on any atom is -0.457 e. The lowest BCUT2D eigenvalue weighted by molar-refractivity contribution is -0.118. The minimum atomic E-state index is -0.199. The maximum absolute atomic E-state index is 10.8. The lowest BCUT2D eigenvalue weighted by Gasteiger charge is -1.87. The van der Waals surface area contributed by atoms with Gasteiger partial charge in [0.05, 0.1) is 5.56 Å². The number of hydrogen-bond donors (Lipinski definition) is 1. The van der Waals surface area contributed by atoms with E-state index in [1.165, 1.54) is 6.92 Å². The molecule has 4 nitrogen and oxygen atoms in total. The van der Waals surface area contributed by atoms with Gasteiger partial charge in [-0.1, -0.05) is 32.0 Å². The second-order valence-corrected chi connectivity index (χ2v) is 3.04. The fourth-order valence-corrected chi connectivity index (χ4v) is 1.07. The number of cyclic esters (lactones) is 1. The summed E-state index contributed by atoms with van der Waals surface area (Å²) in [5, 5.41) is 2.39. The van der Waals surface area contributed by atoms with Crippen LogP contribution in [-0.2, 0) is 16.1 Å². The average molecular weight is 237 g/mol. The minimum absolute atomic E-state index is 0.00463. The molecule has 0 bridgehead atoms. The highest BCUT2D eigenvalue weighted by atomic mass is 16.5. The Morgan fingerprint density at radius 1 is 1.29 bits per heavy atom. The van der Waals surface area contributed by atoms with Crippen LogP contribution in [0, 0.1) is 0 Å². The van der Waals surface area contributed by atoms with Gasteiger partial charge in [0.15, 0.2) is 0 Å². The largest absolute Gasteiger partial charge is 0.457 e. The Balaban J connectivity index is 0.000000315. The van der Waals surface area contributed by atoms with Crippen molar-refractivity contribution in [3.8, 4) is 0 Å². The maximum Gasteiger partial charge on any atom is 0.338 e. The van der Waals surface area contributed by atoms with Crippen molar-refractivity contribution >= 4 is 11.9 Å². The lowest BCUT2D eigenvalue weighted by atomic mass is 10.1.